The molecule has 19 heavy (non-hydrogen) atoms. The van der Waals surface area contributed by atoms with E-state index in [-0.39, 0.29) is 5.69 Å². The van der Waals surface area contributed by atoms with Crippen LogP contribution >= 0.6 is 0 Å². The van der Waals surface area contributed by atoms with Crippen molar-refractivity contribution in [3.63, 3.8) is 0 Å². The number of carboxylic acid groups (broad SMARTS) is 1. The molecule has 1 fully saturated rings. The minimum atomic E-state index is -0.985. The predicted octanol–water partition coefficient (Wildman–Crippen LogP) is 0.409. The lowest BCUT2D eigenvalue weighted by molar-refractivity contribution is -0.143. The van der Waals surface area contributed by atoms with Crippen LogP contribution in [0.15, 0.2) is 12.1 Å². The lowest BCUT2D eigenvalue weighted by Crippen LogP contribution is -2.55. The molecule has 1 unspecified atom stereocenters. The number of primary amides is 1. The molecule has 102 valence electrons. The Hall–Kier alpha value is -2.18. The summed E-state index contributed by atoms with van der Waals surface area (Å²) in [6.07, 6.45) is 2.33. The van der Waals surface area contributed by atoms with E-state index >= 15 is 0 Å². The number of aromatic nitrogens is 2. The number of amides is 1. The molecule has 2 heterocycles. The third-order valence-corrected chi connectivity index (χ3v) is 3.53. The summed E-state index contributed by atoms with van der Waals surface area (Å²) in [5.41, 5.74) is 4.18. The van der Waals surface area contributed by atoms with Crippen molar-refractivity contribution in [3.8, 4) is 0 Å². The number of carboxylic acids is 1. The zero-order valence-electron chi connectivity index (χ0n) is 10.7. The van der Waals surface area contributed by atoms with Gasteiger partial charge in [0.25, 0.3) is 5.91 Å². The van der Waals surface area contributed by atoms with Gasteiger partial charge in [-0.15, -0.1) is 10.2 Å². The summed E-state index contributed by atoms with van der Waals surface area (Å²) in [6.45, 7) is 2.28. The van der Waals surface area contributed by atoms with Gasteiger partial charge in [0.05, 0.1) is 0 Å². The molecule has 1 aliphatic heterocycles. The summed E-state index contributed by atoms with van der Waals surface area (Å²) >= 11 is 0. The maximum absolute atomic E-state index is 11.5. The zero-order chi connectivity index (χ0) is 14.0. The van der Waals surface area contributed by atoms with Crippen molar-refractivity contribution in [1.82, 2.24) is 10.2 Å². The largest absolute Gasteiger partial charge is 0.480 e. The van der Waals surface area contributed by atoms with Crippen molar-refractivity contribution < 1.29 is 14.7 Å². The number of carbonyl (C=O) groups is 2. The van der Waals surface area contributed by atoms with Crippen LogP contribution in [0.5, 0.6) is 0 Å². The summed E-state index contributed by atoms with van der Waals surface area (Å²) in [5, 5.41) is 17.0. The highest BCUT2D eigenvalue weighted by Crippen LogP contribution is 2.31. The van der Waals surface area contributed by atoms with Crippen molar-refractivity contribution in [3.05, 3.63) is 17.8 Å². The average molecular weight is 264 g/mol. The number of hydrogen-bond acceptors (Lipinski definition) is 5. The van der Waals surface area contributed by atoms with Crippen LogP contribution in [0.3, 0.4) is 0 Å². The molecule has 1 aromatic rings. The summed E-state index contributed by atoms with van der Waals surface area (Å²) in [7, 11) is 0. The number of rotatable bonds is 3. The summed E-state index contributed by atoms with van der Waals surface area (Å²) < 4.78 is 0. The Morgan fingerprint density at radius 2 is 2.11 bits per heavy atom. The van der Waals surface area contributed by atoms with Gasteiger partial charge in [0, 0.05) is 6.54 Å². The van der Waals surface area contributed by atoms with Crippen LogP contribution in [0.1, 0.15) is 36.7 Å². The molecule has 1 saturated heterocycles. The molecule has 1 atom stereocenters. The van der Waals surface area contributed by atoms with E-state index in [0.717, 1.165) is 12.8 Å². The monoisotopic (exact) mass is 264 g/mol. The highest BCUT2D eigenvalue weighted by Gasteiger charge is 2.42. The number of piperidine rings is 1. The fourth-order valence-electron chi connectivity index (χ4n) is 2.31. The van der Waals surface area contributed by atoms with Crippen LogP contribution in [0.4, 0.5) is 5.82 Å². The zero-order valence-corrected chi connectivity index (χ0v) is 10.7. The van der Waals surface area contributed by atoms with Gasteiger partial charge in [-0.2, -0.15) is 0 Å². The Bertz CT molecular complexity index is 502. The van der Waals surface area contributed by atoms with E-state index in [1.165, 1.54) is 6.07 Å². The number of carbonyl (C=O) groups excluding carboxylic acids is 1. The summed E-state index contributed by atoms with van der Waals surface area (Å²) in [4.78, 5) is 24.1. The van der Waals surface area contributed by atoms with Crippen LogP contribution in [0, 0.1) is 0 Å². The van der Waals surface area contributed by atoms with Crippen LogP contribution in [-0.4, -0.2) is 39.3 Å². The van der Waals surface area contributed by atoms with Crippen molar-refractivity contribution in [2.24, 2.45) is 5.73 Å². The molecule has 0 aliphatic carbocycles. The fourth-order valence-corrected chi connectivity index (χ4v) is 2.31. The first-order chi connectivity index (χ1) is 8.95. The first kappa shape index (κ1) is 13.3. The minimum Gasteiger partial charge on any atom is -0.480 e. The first-order valence-electron chi connectivity index (χ1n) is 6.10. The van der Waals surface area contributed by atoms with Gasteiger partial charge in [-0.1, -0.05) is 0 Å². The topological polar surface area (TPSA) is 109 Å². The van der Waals surface area contributed by atoms with E-state index < -0.39 is 17.4 Å². The molecule has 7 heteroatoms. The molecular formula is C12H16N4O3. The second-order valence-corrected chi connectivity index (χ2v) is 4.83. The standard InChI is InChI=1S/C12H16N4O3/c1-12(11(18)19)6-2-3-7-16(12)9-5-4-8(10(13)17)14-15-9/h4-5H,2-3,6-7H2,1H3,(H2,13,17)(H,18,19). The van der Waals surface area contributed by atoms with Crippen molar-refractivity contribution in [2.75, 3.05) is 11.4 Å². The Kier molecular flexibility index (Phi) is 3.37. The van der Waals surface area contributed by atoms with Gasteiger partial charge < -0.3 is 15.7 Å². The molecule has 3 N–H and O–H groups in total. The van der Waals surface area contributed by atoms with Gasteiger partial charge in [0.15, 0.2) is 11.5 Å². The van der Waals surface area contributed by atoms with Crippen LogP contribution in [0.25, 0.3) is 0 Å². The maximum Gasteiger partial charge on any atom is 0.329 e. The molecule has 1 aromatic heterocycles. The average Bonchev–Trinajstić information content (AvgIpc) is 2.39. The second-order valence-electron chi connectivity index (χ2n) is 4.83. The van der Waals surface area contributed by atoms with Crippen LogP contribution < -0.4 is 10.6 Å². The number of aliphatic carboxylic acids is 1. The Morgan fingerprint density at radius 3 is 2.63 bits per heavy atom. The van der Waals surface area contributed by atoms with E-state index in [1.54, 1.807) is 17.9 Å². The number of nitrogens with two attached hydrogens (primary N) is 1. The fraction of sp³-hybridized carbons (Fsp3) is 0.500. The molecule has 0 saturated carbocycles. The molecule has 0 spiro atoms. The minimum absolute atomic E-state index is 0.0674. The highest BCUT2D eigenvalue weighted by atomic mass is 16.4. The molecule has 0 radical (unpaired) electrons. The van der Waals surface area contributed by atoms with Gasteiger partial charge in [0.2, 0.25) is 0 Å². The lowest BCUT2D eigenvalue weighted by atomic mass is 9.88. The number of hydrogen-bond donors (Lipinski definition) is 2. The summed E-state index contributed by atoms with van der Waals surface area (Å²) in [5.74, 6) is -1.08. The molecule has 7 nitrogen and oxygen atoms in total. The quantitative estimate of drug-likeness (QED) is 0.818. The Balaban J connectivity index is 2.32. The SMILES string of the molecule is CC1(C(=O)O)CCCCN1c1ccc(C(N)=O)nn1. The van der Waals surface area contributed by atoms with Gasteiger partial charge >= 0.3 is 5.97 Å². The van der Waals surface area contributed by atoms with Crippen molar-refractivity contribution in [2.45, 2.75) is 31.7 Å². The Morgan fingerprint density at radius 1 is 1.37 bits per heavy atom. The third-order valence-electron chi connectivity index (χ3n) is 3.53. The maximum atomic E-state index is 11.5. The van der Waals surface area contributed by atoms with Crippen molar-refractivity contribution >= 4 is 17.7 Å². The van der Waals surface area contributed by atoms with E-state index in [1.807, 2.05) is 0 Å². The molecule has 1 aliphatic rings. The number of nitrogens with zero attached hydrogens (tertiary/aromatic N) is 3. The van der Waals surface area contributed by atoms with Crippen LogP contribution in [0.2, 0.25) is 0 Å². The highest BCUT2D eigenvalue weighted by molar-refractivity contribution is 5.90. The molecular weight excluding hydrogens is 248 g/mol. The van der Waals surface area contributed by atoms with E-state index in [2.05, 4.69) is 10.2 Å². The molecule has 1 amide bonds. The first-order valence-corrected chi connectivity index (χ1v) is 6.10. The third kappa shape index (κ3) is 2.35. The smallest absolute Gasteiger partial charge is 0.329 e. The predicted molar refractivity (Wildman–Crippen MR) is 67.8 cm³/mol. The van der Waals surface area contributed by atoms with Gasteiger partial charge in [-0.25, -0.2) is 4.79 Å². The van der Waals surface area contributed by atoms with E-state index in [4.69, 9.17) is 5.73 Å². The van der Waals surface area contributed by atoms with Gasteiger partial charge in [-0.3, -0.25) is 4.79 Å². The number of anilines is 1. The Labute approximate surface area is 110 Å². The molecule has 0 bridgehead atoms. The molecule has 0 aromatic carbocycles. The normalized spacial score (nSPS) is 23.1. The van der Waals surface area contributed by atoms with E-state index in [9.17, 15) is 14.7 Å². The van der Waals surface area contributed by atoms with Crippen LogP contribution in [-0.2, 0) is 4.79 Å². The lowest BCUT2D eigenvalue weighted by Gasteiger charge is -2.42. The van der Waals surface area contributed by atoms with Gasteiger partial charge in [0.1, 0.15) is 5.54 Å². The summed E-state index contributed by atoms with van der Waals surface area (Å²) in [6, 6.07) is 3.04. The van der Waals surface area contributed by atoms with Gasteiger partial charge in [-0.05, 0) is 38.3 Å². The molecule has 2 rings (SSSR count). The second kappa shape index (κ2) is 4.83. The van der Waals surface area contributed by atoms with Crippen molar-refractivity contribution in [1.29, 1.82) is 0 Å². The van der Waals surface area contributed by atoms with E-state index in [0.29, 0.717) is 18.8 Å².